The molecule has 0 aliphatic rings. The van der Waals surface area contributed by atoms with Gasteiger partial charge in [-0.1, -0.05) is 12.1 Å². The smallest absolute Gasteiger partial charge is 0.303 e. The molecule has 1 aromatic heterocycles. The molecule has 1 N–H and O–H groups in total. The second-order valence-electron chi connectivity index (χ2n) is 6.23. The summed E-state index contributed by atoms with van der Waals surface area (Å²) < 4.78 is 16.8. The van der Waals surface area contributed by atoms with Gasteiger partial charge in [0, 0.05) is 12.5 Å². The van der Waals surface area contributed by atoms with Crippen molar-refractivity contribution in [1.29, 1.82) is 0 Å². The van der Waals surface area contributed by atoms with E-state index in [1.807, 2.05) is 26.0 Å². The van der Waals surface area contributed by atoms with Gasteiger partial charge in [-0.3, -0.25) is 9.59 Å². The van der Waals surface area contributed by atoms with E-state index in [1.165, 1.54) is 6.26 Å². The van der Waals surface area contributed by atoms with Gasteiger partial charge in [0.1, 0.15) is 23.3 Å². The molecule has 0 bridgehead atoms. The lowest BCUT2D eigenvalue weighted by Gasteiger charge is -2.10. The summed E-state index contributed by atoms with van der Waals surface area (Å²) in [7, 11) is 0. The molecule has 140 valence electrons. The van der Waals surface area contributed by atoms with Crippen molar-refractivity contribution in [3.8, 4) is 17.2 Å². The lowest BCUT2D eigenvalue weighted by Crippen LogP contribution is -2.06. The minimum Gasteiger partial charge on any atom is -0.493 e. The molecule has 3 aromatic rings. The molecule has 1 heterocycles. The van der Waals surface area contributed by atoms with Crippen molar-refractivity contribution in [2.45, 2.75) is 26.7 Å². The van der Waals surface area contributed by atoms with Gasteiger partial charge in [0.25, 0.3) is 0 Å². The van der Waals surface area contributed by atoms with Crippen LogP contribution in [0.25, 0.3) is 11.0 Å². The van der Waals surface area contributed by atoms with Crippen molar-refractivity contribution in [1.82, 2.24) is 0 Å². The van der Waals surface area contributed by atoms with Crippen LogP contribution in [0.15, 0.2) is 51.9 Å². The maximum absolute atomic E-state index is 12.7. The van der Waals surface area contributed by atoms with Gasteiger partial charge in [-0.15, -0.1) is 0 Å². The van der Waals surface area contributed by atoms with E-state index in [0.717, 1.165) is 11.1 Å². The summed E-state index contributed by atoms with van der Waals surface area (Å²) in [5.41, 5.74) is 2.14. The van der Waals surface area contributed by atoms with Gasteiger partial charge in [-0.25, -0.2) is 0 Å². The predicted octanol–water partition coefficient (Wildman–Crippen LogP) is 4.45. The zero-order valence-electron chi connectivity index (χ0n) is 15.2. The molecule has 0 saturated heterocycles. The lowest BCUT2D eigenvalue weighted by molar-refractivity contribution is -0.137. The molecule has 0 amide bonds. The molecule has 0 spiro atoms. The molecule has 0 aliphatic heterocycles. The number of aliphatic carboxylic acids is 1. The van der Waals surface area contributed by atoms with Gasteiger partial charge in [0.2, 0.25) is 11.2 Å². The number of ether oxygens (including phenoxy) is 2. The summed E-state index contributed by atoms with van der Waals surface area (Å²) >= 11 is 0. The van der Waals surface area contributed by atoms with Crippen LogP contribution < -0.4 is 14.9 Å². The van der Waals surface area contributed by atoms with E-state index in [-0.39, 0.29) is 24.2 Å². The Morgan fingerprint density at radius 1 is 1.15 bits per heavy atom. The van der Waals surface area contributed by atoms with Crippen molar-refractivity contribution in [2.24, 2.45) is 0 Å². The van der Waals surface area contributed by atoms with Crippen molar-refractivity contribution < 1.29 is 23.8 Å². The molecule has 27 heavy (non-hydrogen) atoms. The molecular weight excluding hydrogens is 348 g/mol. The molecule has 0 unspecified atom stereocenters. The third-order valence-electron chi connectivity index (χ3n) is 4.29. The first-order chi connectivity index (χ1) is 13.0. The Labute approximate surface area is 156 Å². The molecule has 0 radical (unpaired) electrons. The number of carboxylic acid groups (broad SMARTS) is 1. The van der Waals surface area contributed by atoms with Gasteiger partial charge < -0.3 is 19.0 Å². The first kappa shape index (κ1) is 18.5. The Kier molecular flexibility index (Phi) is 5.45. The summed E-state index contributed by atoms with van der Waals surface area (Å²) in [5, 5.41) is 9.01. The number of rotatable bonds is 7. The minimum atomic E-state index is -0.862. The number of carboxylic acids is 1. The zero-order valence-corrected chi connectivity index (χ0v) is 15.2. The van der Waals surface area contributed by atoms with E-state index >= 15 is 0 Å². The van der Waals surface area contributed by atoms with Gasteiger partial charge in [-0.2, -0.15) is 0 Å². The highest BCUT2D eigenvalue weighted by atomic mass is 16.5. The Morgan fingerprint density at radius 2 is 1.96 bits per heavy atom. The zero-order chi connectivity index (χ0) is 19.4. The molecule has 0 atom stereocenters. The van der Waals surface area contributed by atoms with Gasteiger partial charge in [0.05, 0.1) is 12.0 Å². The predicted molar refractivity (Wildman–Crippen MR) is 101 cm³/mol. The van der Waals surface area contributed by atoms with Crippen LogP contribution in [0.1, 0.15) is 24.0 Å². The number of aryl methyl sites for hydroxylation is 1. The van der Waals surface area contributed by atoms with Gasteiger partial charge in [0.15, 0.2) is 0 Å². The molecule has 0 fully saturated rings. The summed E-state index contributed by atoms with van der Waals surface area (Å²) in [4.78, 5) is 23.2. The number of hydrogen-bond donors (Lipinski definition) is 1. The van der Waals surface area contributed by atoms with Crippen LogP contribution >= 0.6 is 0 Å². The normalized spacial score (nSPS) is 10.7. The fourth-order valence-corrected chi connectivity index (χ4v) is 2.62. The van der Waals surface area contributed by atoms with Gasteiger partial charge in [-0.05, 0) is 49.6 Å². The van der Waals surface area contributed by atoms with Crippen LogP contribution in [-0.2, 0) is 4.79 Å². The molecular formula is C21H20O6. The number of hydrogen-bond acceptors (Lipinski definition) is 5. The van der Waals surface area contributed by atoms with Crippen LogP contribution in [-0.4, -0.2) is 17.7 Å². The SMILES string of the molecule is Cc1cccc(Oc2coc3cc(OCCCC(=O)O)ccc3c2=O)c1C. The highest BCUT2D eigenvalue weighted by Gasteiger charge is 2.12. The fraction of sp³-hybridized carbons (Fsp3) is 0.238. The number of benzene rings is 2. The monoisotopic (exact) mass is 368 g/mol. The van der Waals surface area contributed by atoms with Crippen molar-refractivity contribution >= 4 is 16.9 Å². The second kappa shape index (κ2) is 7.95. The average molecular weight is 368 g/mol. The van der Waals surface area contributed by atoms with Crippen LogP contribution in [0, 0.1) is 13.8 Å². The average Bonchev–Trinajstić information content (AvgIpc) is 2.64. The molecule has 0 saturated carbocycles. The van der Waals surface area contributed by atoms with Crippen molar-refractivity contribution in [3.05, 3.63) is 64.0 Å². The summed E-state index contributed by atoms with van der Waals surface area (Å²) in [5.74, 6) is 0.380. The van der Waals surface area contributed by atoms with Crippen LogP contribution in [0.2, 0.25) is 0 Å². The third kappa shape index (κ3) is 4.28. The van der Waals surface area contributed by atoms with Crippen LogP contribution in [0.4, 0.5) is 0 Å². The van der Waals surface area contributed by atoms with E-state index in [0.29, 0.717) is 28.9 Å². The highest BCUT2D eigenvalue weighted by molar-refractivity contribution is 5.79. The Bertz CT molecular complexity index is 1030. The molecule has 2 aromatic carbocycles. The Morgan fingerprint density at radius 3 is 2.74 bits per heavy atom. The van der Waals surface area contributed by atoms with Crippen LogP contribution in [0.3, 0.4) is 0 Å². The van der Waals surface area contributed by atoms with E-state index in [2.05, 4.69) is 0 Å². The third-order valence-corrected chi connectivity index (χ3v) is 4.29. The van der Waals surface area contributed by atoms with Crippen molar-refractivity contribution in [3.63, 3.8) is 0 Å². The standard InChI is InChI=1S/C21H20O6/c1-13-5-3-6-17(14(13)2)27-19-12-26-18-11-15(8-9-16(18)21(19)24)25-10-4-7-20(22)23/h3,5-6,8-9,11-12H,4,7,10H2,1-2H3,(H,22,23). The summed E-state index contributed by atoms with van der Waals surface area (Å²) in [6.07, 6.45) is 1.74. The largest absolute Gasteiger partial charge is 0.493 e. The Hall–Kier alpha value is -3.28. The lowest BCUT2D eigenvalue weighted by atomic mass is 10.1. The van der Waals surface area contributed by atoms with E-state index in [4.69, 9.17) is 19.0 Å². The maximum Gasteiger partial charge on any atom is 0.303 e. The van der Waals surface area contributed by atoms with Crippen LogP contribution in [0.5, 0.6) is 17.2 Å². The van der Waals surface area contributed by atoms with E-state index in [1.54, 1.807) is 24.3 Å². The van der Waals surface area contributed by atoms with E-state index < -0.39 is 5.97 Å². The Balaban J connectivity index is 1.81. The first-order valence-electron chi connectivity index (χ1n) is 8.60. The second-order valence-corrected chi connectivity index (χ2v) is 6.23. The summed E-state index contributed by atoms with van der Waals surface area (Å²) in [6, 6.07) is 10.5. The van der Waals surface area contributed by atoms with Crippen molar-refractivity contribution in [2.75, 3.05) is 6.61 Å². The maximum atomic E-state index is 12.7. The molecule has 6 nitrogen and oxygen atoms in total. The summed E-state index contributed by atoms with van der Waals surface area (Å²) in [6.45, 7) is 4.18. The molecule has 6 heteroatoms. The highest BCUT2D eigenvalue weighted by Crippen LogP contribution is 2.27. The fourth-order valence-electron chi connectivity index (χ4n) is 2.62. The number of carbonyl (C=O) groups is 1. The molecule has 3 rings (SSSR count). The minimum absolute atomic E-state index is 0.0434. The first-order valence-corrected chi connectivity index (χ1v) is 8.60. The molecule has 0 aliphatic carbocycles. The van der Waals surface area contributed by atoms with E-state index in [9.17, 15) is 9.59 Å². The quantitative estimate of drug-likeness (QED) is 0.620. The number of fused-ring (bicyclic) bond motifs is 1. The topological polar surface area (TPSA) is 86.0 Å². The van der Waals surface area contributed by atoms with Gasteiger partial charge >= 0.3 is 5.97 Å².